The SMILES string of the molecule is O=C1NCC2C1CCCN2Cc1cccc([N+](=O)[O-])c1F. The van der Waals surface area contributed by atoms with Gasteiger partial charge in [-0.2, -0.15) is 4.39 Å². The number of nitro benzene ring substituents is 1. The van der Waals surface area contributed by atoms with Crippen LogP contribution in [-0.4, -0.2) is 34.9 Å². The van der Waals surface area contributed by atoms with Crippen LogP contribution in [0.15, 0.2) is 18.2 Å². The Labute approximate surface area is 121 Å². The third kappa shape index (κ3) is 2.49. The average Bonchev–Trinajstić information content (AvgIpc) is 2.84. The summed E-state index contributed by atoms with van der Waals surface area (Å²) in [5, 5.41) is 13.6. The Balaban J connectivity index is 1.82. The van der Waals surface area contributed by atoms with E-state index in [4.69, 9.17) is 0 Å². The largest absolute Gasteiger partial charge is 0.354 e. The summed E-state index contributed by atoms with van der Waals surface area (Å²) < 4.78 is 14.1. The minimum atomic E-state index is -0.776. The van der Waals surface area contributed by atoms with Crippen LogP contribution in [0.5, 0.6) is 0 Å². The van der Waals surface area contributed by atoms with E-state index in [1.807, 2.05) is 4.90 Å². The average molecular weight is 293 g/mol. The van der Waals surface area contributed by atoms with Gasteiger partial charge < -0.3 is 5.32 Å². The molecule has 2 saturated heterocycles. The number of halogens is 1. The van der Waals surface area contributed by atoms with E-state index in [0.717, 1.165) is 19.4 Å². The summed E-state index contributed by atoms with van der Waals surface area (Å²) in [5.41, 5.74) is -0.189. The minimum Gasteiger partial charge on any atom is -0.354 e. The number of hydrogen-bond donors (Lipinski definition) is 1. The lowest BCUT2D eigenvalue weighted by Gasteiger charge is -2.35. The smallest absolute Gasteiger partial charge is 0.305 e. The number of nitrogens with one attached hydrogen (secondary N) is 1. The zero-order chi connectivity index (χ0) is 15.0. The molecule has 1 aromatic carbocycles. The maximum atomic E-state index is 14.1. The molecule has 0 aromatic heterocycles. The Morgan fingerprint density at radius 2 is 2.29 bits per heavy atom. The van der Waals surface area contributed by atoms with Crippen molar-refractivity contribution < 1.29 is 14.1 Å². The zero-order valence-corrected chi connectivity index (χ0v) is 11.4. The maximum absolute atomic E-state index is 14.1. The molecule has 0 aliphatic carbocycles. The fourth-order valence-corrected chi connectivity index (χ4v) is 3.28. The summed E-state index contributed by atoms with van der Waals surface area (Å²) >= 11 is 0. The number of carbonyl (C=O) groups excluding carboxylic acids is 1. The van der Waals surface area contributed by atoms with Crippen LogP contribution in [0.1, 0.15) is 18.4 Å². The predicted molar refractivity (Wildman–Crippen MR) is 73.0 cm³/mol. The quantitative estimate of drug-likeness (QED) is 0.676. The Morgan fingerprint density at radius 1 is 1.48 bits per heavy atom. The number of fused-ring (bicyclic) bond motifs is 1. The van der Waals surface area contributed by atoms with Crippen LogP contribution in [0.3, 0.4) is 0 Å². The predicted octanol–water partition coefficient (Wildman–Crippen LogP) is 1.44. The molecule has 2 aliphatic rings. The molecule has 0 saturated carbocycles. The number of benzene rings is 1. The summed E-state index contributed by atoms with van der Waals surface area (Å²) in [4.78, 5) is 23.8. The van der Waals surface area contributed by atoms with Crippen LogP contribution in [0.25, 0.3) is 0 Å². The van der Waals surface area contributed by atoms with Gasteiger partial charge in [0.05, 0.1) is 10.8 Å². The van der Waals surface area contributed by atoms with Crippen LogP contribution in [0.4, 0.5) is 10.1 Å². The molecule has 1 N–H and O–H groups in total. The molecule has 3 rings (SSSR count). The van der Waals surface area contributed by atoms with Gasteiger partial charge in [-0.15, -0.1) is 0 Å². The summed E-state index contributed by atoms with van der Waals surface area (Å²) in [6, 6.07) is 4.29. The normalized spacial score (nSPS) is 25.5. The van der Waals surface area contributed by atoms with E-state index in [9.17, 15) is 19.3 Å². The second-order valence-electron chi connectivity index (χ2n) is 5.54. The van der Waals surface area contributed by atoms with E-state index >= 15 is 0 Å². The number of rotatable bonds is 3. The monoisotopic (exact) mass is 293 g/mol. The summed E-state index contributed by atoms with van der Waals surface area (Å²) in [7, 11) is 0. The van der Waals surface area contributed by atoms with Gasteiger partial charge in [0.1, 0.15) is 0 Å². The highest BCUT2D eigenvalue weighted by molar-refractivity contribution is 5.82. The number of piperidine rings is 1. The van der Waals surface area contributed by atoms with Gasteiger partial charge in [0.2, 0.25) is 11.7 Å². The van der Waals surface area contributed by atoms with Gasteiger partial charge in [0, 0.05) is 30.8 Å². The number of hydrogen-bond acceptors (Lipinski definition) is 4. The summed E-state index contributed by atoms with van der Waals surface area (Å²) in [6.07, 6.45) is 1.73. The Hall–Kier alpha value is -2.02. The molecule has 112 valence electrons. The van der Waals surface area contributed by atoms with Gasteiger partial charge in [0.15, 0.2) is 0 Å². The highest BCUT2D eigenvalue weighted by Crippen LogP contribution is 2.30. The van der Waals surface area contributed by atoms with Crippen molar-refractivity contribution in [2.45, 2.75) is 25.4 Å². The fourth-order valence-electron chi connectivity index (χ4n) is 3.28. The van der Waals surface area contributed by atoms with Crippen molar-refractivity contribution in [1.29, 1.82) is 0 Å². The number of carbonyl (C=O) groups is 1. The van der Waals surface area contributed by atoms with Crippen molar-refractivity contribution in [2.75, 3.05) is 13.1 Å². The lowest BCUT2D eigenvalue weighted by atomic mass is 9.91. The van der Waals surface area contributed by atoms with Gasteiger partial charge in [-0.25, -0.2) is 0 Å². The maximum Gasteiger partial charge on any atom is 0.305 e. The van der Waals surface area contributed by atoms with Crippen molar-refractivity contribution >= 4 is 11.6 Å². The Kier molecular flexibility index (Phi) is 3.59. The topological polar surface area (TPSA) is 75.5 Å². The molecule has 2 fully saturated rings. The molecular weight excluding hydrogens is 277 g/mol. The Bertz CT molecular complexity index is 593. The fraction of sp³-hybridized carbons (Fsp3) is 0.500. The van der Waals surface area contributed by atoms with Crippen LogP contribution >= 0.6 is 0 Å². The minimum absolute atomic E-state index is 0.0412. The van der Waals surface area contributed by atoms with Crippen LogP contribution < -0.4 is 5.32 Å². The first-order valence-corrected chi connectivity index (χ1v) is 7.01. The molecule has 0 spiro atoms. The molecule has 0 bridgehead atoms. The first-order chi connectivity index (χ1) is 10.1. The van der Waals surface area contributed by atoms with Crippen molar-refractivity contribution in [3.8, 4) is 0 Å². The molecule has 1 aromatic rings. The summed E-state index contributed by atoms with van der Waals surface area (Å²) in [5.74, 6) is -0.758. The molecule has 7 heteroatoms. The van der Waals surface area contributed by atoms with E-state index in [0.29, 0.717) is 18.7 Å². The third-order valence-electron chi connectivity index (χ3n) is 4.34. The van der Waals surface area contributed by atoms with Crippen LogP contribution in [0, 0.1) is 21.8 Å². The lowest BCUT2D eigenvalue weighted by molar-refractivity contribution is -0.387. The summed E-state index contributed by atoms with van der Waals surface area (Å²) in [6.45, 7) is 1.64. The van der Waals surface area contributed by atoms with Crippen molar-refractivity contribution in [2.24, 2.45) is 5.92 Å². The van der Waals surface area contributed by atoms with Crippen LogP contribution in [-0.2, 0) is 11.3 Å². The van der Waals surface area contributed by atoms with E-state index in [-0.39, 0.29) is 17.9 Å². The second-order valence-corrected chi connectivity index (χ2v) is 5.54. The lowest BCUT2D eigenvalue weighted by Crippen LogP contribution is -2.45. The molecule has 1 amide bonds. The van der Waals surface area contributed by atoms with Crippen molar-refractivity contribution in [3.05, 3.63) is 39.7 Å². The first kappa shape index (κ1) is 13.9. The zero-order valence-electron chi connectivity index (χ0n) is 11.4. The highest BCUT2D eigenvalue weighted by atomic mass is 19.1. The second kappa shape index (κ2) is 5.40. The number of amides is 1. The standard InChI is InChI=1S/C14H16FN3O3/c15-13-9(3-1-5-11(13)18(20)21)8-17-6-2-4-10-12(17)7-16-14(10)19/h1,3,5,10,12H,2,4,6-8H2,(H,16,19). The van der Waals surface area contributed by atoms with Crippen molar-refractivity contribution in [3.63, 3.8) is 0 Å². The number of nitro groups is 1. The molecule has 2 heterocycles. The Morgan fingerprint density at radius 3 is 3.05 bits per heavy atom. The van der Waals surface area contributed by atoms with E-state index in [1.54, 1.807) is 6.07 Å². The number of nitrogens with zero attached hydrogens (tertiary/aromatic N) is 2. The molecule has 21 heavy (non-hydrogen) atoms. The first-order valence-electron chi connectivity index (χ1n) is 7.01. The van der Waals surface area contributed by atoms with Gasteiger partial charge in [-0.05, 0) is 19.4 Å². The van der Waals surface area contributed by atoms with Gasteiger partial charge in [0.25, 0.3) is 0 Å². The molecule has 2 atom stereocenters. The van der Waals surface area contributed by atoms with Gasteiger partial charge in [-0.3, -0.25) is 19.8 Å². The molecule has 2 unspecified atom stereocenters. The molecule has 0 radical (unpaired) electrons. The number of likely N-dealkylation sites (tertiary alicyclic amines) is 1. The molecule has 2 aliphatic heterocycles. The van der Waals surface area contributed by atoms with Crippen LogP contribution in [0.2, 0.25) is 0 Å². The van der Waals surface area contributed by atoms with Gasteiger partial charge in [-0.1, -0.05) is 12.1 Å². The third-order valence-corrected chi connectivity index (χ3v) is 4.34. The molecular formula is C14H16FN3O3. The van der Waals surface area contributed by atoms with Crippen molar-refractivity contribution in [1.82, 2.24) is 10.2 Å². The van der Waals surface area contributed by atoms with E-state index < -0.39 is 16.4 Å². The van der Waals surface area contributed by atoms with E-state index in [1.165, 1.54) is 12.1 Å². The highest BCUT2D eigenvalue weighted by Gasteiger charge is 2.40. The molecule has 6 nitrogen and oxygen atoms in total. The van der Waals surface area contributed by atoms with Gasteiger partial charge >= 0.3 is 5.69 Å². The van der Waals surface area contributed by atoms with E-state index in [2.05, 4.69) is 5.32 Å².